The summed E-state index contributed by atoms with van der Waals surface area (Å²) in [6, 6.07) is 3.03. The molecule has 0 bridgehead atoms. The van der Waals surface area contributed by atoms with Crippen molar-refractivity contribution in [3.05, 3.63) is 30.0 Å². The highest BCUT2D eigenvalue weighted by Gasteiger charge is 2.30. The second kappa shape index (κ2) is 6.32. The Hall–Kier alpha value is -3.10. The average molecular weight is 356 g/mol. The SMILES string of the molecule is Cc1nc2c(c(N3CCN(C(=O)c4ccco4)CC3)n1)NC(=O)C(C)N2. The Morgan fingerprint density at radius 1 is 1.27 bits per heavy atom. The Morgan fingerprint density at radius 3 is 2.73 bits per heavy atom. The number of amides is 2. The first kappa shape index (κ1) is 16.4. The number of hydrogen-bond donors (Lipinski definition) is 2. The highest BCUT2D eigenvalue weighted by atomic mass is 16.3. The number of hydrogen-bond acceptors (Lipinski definition) is 7. The largest absolute Gasteiger partial charge is 0.459 e. The van der Waals surface area contributed by atoms with Gasteiger partial charge in [0.1, 0.15) is 17.6 Å². The third-order valence-electron chi connectivity index (χ3n) is 4.59. The van der Waals surface area contributed by atoms with E-state index < -0.39 is 0 Å². The van der Waals surface area contributed by atoms with Crippen molar-refractivity contribution < 1.29 is 14.0 Å². The Kier molecular flexibility index (Phi) is 3.98. The Morgan fingerprint density at radius 2 is 2.04 bits per heavy atom. The van der Waals surface area contributed by atoms with Crippen LogP contribution in [0.1, 0.15) is 23.3 Å². The summed E-state index contributed by atoms with van der Waals surface area (Å²) < 4.78 is 5.19. The van der Waals surface area contributed by atoms with Crippen LogP contribution in [0.25, 0.3) is 0 Å². The van der Waals surface area contributed by atoms with E-state index in [4.69, 9.17) is 4.42 Å². The van der Waals surface area contributed by atoms with E-state index in [1.54, 1.807) is 24.0 Å². The quantitative estimate of drug-likeness (QED) is 0.830. The van der Waals surface area contributed by atoms with Crippen LogP contribution in [-0.2, 0) is 4.79 Å². The lowest BCUT2D eigenvalue weighted by Crippen LogP contribution is -2.49. The number of furan rings is 1. The number of piperazine rings is 1. The average Bonchev–Trinajstić information content (AvgIpc) is 3.17. The molecular weight excluding hydrogens is 336 g/mol. The zero-order valence-corrected chi connectivity index (χ0v) is 14.7. The van der Waals surface area contributed by atoms with Crippen LogP contribution in [0.2, 0.25) is 0 Å². The molecule has 9 heteroatoms. The summed E-state index contributed by atoms with van der Waals surface area (Å²) in [7, 11) is 0. The summed E-state index contributed by atoms with van der Waals surface area (Å²) in [6.07, 6.45) is 1.50. The highest BCUT2D eigenvalue weighted by Crippen LogP contribution is 2.34. The van der Waals surface area contributed by atoms with E-state index in [1.165, 1.54) is 6.26 Å². The minimum absolute atomic E-state index is 0.112. The minimum atomic E-state index is -0.340. The lowest BCUT2D eigenvalue weighted by atomic mass is 10.2. The standard InChI is InChI=1S/C17H20N6O3/c1-10-16(24)21-13-14(18-10)19-11(2)20-15(13)22-5-7-23(8-6-22)17(25)12-4-3-9-26-12/h3-4,9-10H,5-8H2,1-2H3,(H,21,24)(H,18,19,20). The van der Waals surface area contributed by atoms with Gasteiger partial charge in [0.2, 0.25) is 5.91 Å². The normalized spacial score (nSPS) is 19.6. The van der Waals surface area contributed by atoms with Gasteiger partial charge in [-0.2, -0.15) is 0 Å². The number of aryl methyl sites for hydroxylation is 1. The molecule has 0 aromatic carbocycles. The number of nitrogens with zero attached hydrogens (tertiary/aromatic N) is 4. The second-order valence-electron chi connectivity index (χ2n) is 6.43. The molecule has 0 aliphatic carbocycles. The Balaban J connectivity index is 1.53. The predicted octanol–water partition coefficient (Wildman–Crippen LogP) is 1.09. The number of carbonyl (C=O) groups excluding carboxylic acids is 2. The predicted molar refractivity (Wildman–Crippen MR) is 95.3 cm³/mol. The van der Waals surface area contributed by atoms with Gasteiger partial charge in [0.25, 0.3) is 5.91 Å². The van der Waals surface area contributed by atoms with Crippen molar-refractivity contribution in [1.82, 2.24) is 14.9 Å². The van der Waals surface area contributed by atoms with Crippen molar-refractivity contribution in [2.45, 2.75) is 19.9 Å². The van der Waals surface area contributed by atoms with Crippen molar-refractivity contribution in [1.29, 1.82) is 0 Å². The maximum Gasteiger partial charge on any atom is 0.289 e. The van der Waals surface area contributed by atoms with Crippen molar-refractivity contribution in [3.63, 3.8) is 0 Å². The van der Waals surface area contributed by atoms with Gasteiger partial charge in [-0.15, -0.1) is 0 Å². The lowest BCUT2D eigenvalue weighted by Gasteiger charge is -2.37. The van der Waals surface area contributed by atoms with Crippen LogP contribution >= 0.6 is 0 Å². The van der Waals surface area contributed by atoms with Crippen molar-refractivity contribution in [3.8, 4) is 0 Å². The van der Waals surface area contributed by atoms with Crippen LogP contribution in [-0.4, -0.2) is 58.9 Å². The molecule has 2 aromatic rings. The van der Waals surface area contributed by atoms with Crippen molar-refractivity contribution in [2.24, 2.45) is 0 Å². The molecule has 4 heterocycles. The van der Waals surface area contributed by atoms with Gasteiger partial charge >= 0.3 is 0 Å². The molecule has 26 heavy (non-hydrogen) atoms. The second-order valence-corrected chi connectivity index (χ2v) is 6.43. The molecule has 4 rings (SSSR count). The smallest absolute Gasteiger partial charge is 0.289 e. The highest BCUT2D eigenvalue weighted by molar-refractivity contribution is 6.04. The summed E-state index contributed by atoms with van der Waals surface area (Å²) >= 11 is 0. The minimum Gasteiger partial charge on any atom is -0.459 e. The molecule has 0 radical (unpaired) electrons. The molecule has 1 atom stereocenters. The molecular formula is C17H20N6O3. The zero-order valence-electron chi connectivity index (χ0n) is 14.7. The monoisotopic (exact) mass is 356 g/mol. The molecule has 1 fully saturated rings. The number of anilines is 3. The topological polar surface area (TPSA) is 104 Å². The molecule has 2 amide bonds. The first-order valence-corrected chi connectivity index (χ1v) is 8.56. The van der Waals surface area contributed by atoms with E-state index in [-0.39, 0.29) is 17.9 Å². The number of nitrogens with one attached hydrogen (secondary N) is 2. The molecule has 2 aromatic heterocycles. The molecule has 1 unspecified atom stereocenters. The first-order valence-electron chi connectivity index (χ1n) is 8.56. The summed E-state index contributed by atoms with van der Waals surface area (Å²) in [4.78, 5) is 37.2. The maximum atomic E-state index is 12.4. The van der Waals surface area contributed by atoms with Gasteiger partial charge < -0.3 is 24.9 Å². The number of rotatable bonds is 2. The molecule has 2 N–H and O–H groups in total. The van der Waals surface area contributed by atoms with Crippen LogP contribution in [0.15, 0.2) is 22.8 Å². The summed E-state index contributed by atoms with van der Waals surface area (Å²) in [6.45, 7) is 5.93. The number of fused-ring (bicyclic) bond motifs is 1. The molecule has 1 saturated heterocycles. The first-order chi connectivity index (χ1) is 12.5. The molecule has 0 saturated carbocycles. The van der Waals surface area contributed by atoms with Crippen LogP contribution in [0.3, 0.4) is 0 Å². The fraction of sp³-hybridized carbons (Fsp3) is 0.412. The fourth-order valence-electron chi connectivity index (χ4n) is 3.19. The van der Waals surface area contributed by atoms with Gasteiger partial charge in [0, 0.05) is 26.2 Å². The van der Waals surface area contributed by atoms with Crippen molar-refractivity contribution >= 4 is 29.1 Å². The summed E-state index contributed by atoms with van der Waals surface area (Å²) in [5.41, 5.74) is 0.601. The number of carbonyl (C=O) groups is 2. The third kappa shape index (κ3) is 2.85. The van der Waals surface area contributed by atoms with Crippen LogP contribution in [0.4, 0.5) is 17.3 Å². The van der Waals surface area contributed by atoms with Gasteiger partial charge in [0.05, 0.1) is 6.26 Å². The van der Waals surface area contributed by atoms with Crippen molar-refractivity contribution in [2.75, 3.05) is 41.7 Å². The summed E-state index contributed by atoms with van der Waals surface area (Å²) in [5, 5.41) is 6.00. The zero-order chi connectivity index (χ0) is 18.3. The summed E-state index contributed by atoms with van der Waals surface area (Å²) in [5.74, 6) is 2.07. The van der Waals surface area contributed by atoms with E-state index in [0.717, 1.165) is 0 Å². The molecule has 2 aliphatic heterocycles. The Labute approximate surface area is 150 Å². The molecule has 2 aliphatic rings. The molecule has 136 valence electrons. The van der Waals surface area contributed by atoms with Gasteiger partial charge in [-0.3, -0.25) is 9.59 Å². The lowest BCUT2D eigenvalue weighted by molar-refractivity contribution is -0.116. The van der Waals surface area contributed by atoms with E-state index in [2.05, 4.69) is 25.5 Å². The van der Waals surface area contributed by atoms with E-state index in [1.807, 2.05) is 6.92 Å². The molecule has 9 nitrogen and oxygen atoms in total. The van der Waals surface area contributed by atoms with E-state index >= 15 is 0 Å². The van der Waals surface area contributed by atoms with Crippen LogP contribution in [0, 0.1) is 6.92 Å². The third-order valence-corrected chi connectivity index (χ3v) is 4.59. The van der Waals surface area contributed by atoms with E-state index in [0.29, 0.717) is 55.1 Å². The van der Waals surface area contributed by atoms with Crippen LogP contribution < -0.4 is 15.5 Å². The van der Waals surface area contributed by atoms with Crippen LogP contribution in [0.5, 0.6) is 0 Å². The van der Waals surface area contributed by atoms with Gasteiger partial charge in [-0.1, -0.05) is 0 Å². The van der Waals surface area contributed by atoms with Gasteiger partial charge in [-0.25, -0.2) is 9.97 Å². The van der Waals surface area contributed by atoms with E-state index in [9.17, 15) is 9.59 Å². The van der Waals surface area contributed by atoms with Gasteiger partial charge in [-0.05, 0) is 26.0 Å². The Bertz CT molecular complexity index is 842. The van der Waals surface area contributed by atoms with Gasteiger partial charge in [0.15, 0.2) is 17.4 Å². The maximum absolute atomic E-state index is 12.4. The molecule has 0 spiro atoms. The fourth-order valence-corrected chi connectivity index (χ4v) is 3.19. The number of aromatic nitrogens is 2.